The maximum atomic E-state index is 13.6. The molecule has 1 saturated carbocycles. The molecule has 5 heterocycles. The molecule has 1 amide bonds. The molecule has 2 aromatic heterocycles. The number of likely N-dealkylation sites (N-methyl/N-ethyl adjacent to an activating group) is 1. The monoisotopic (exact) mass is 570 g/mol. The van der Waals surface area contributed by atoms with Crippen molar-refractivity contribution in [3.05, 3.63) is 66.2 Å². The van der Waals surface area contributed by atoms with Gasteiger partial charge in [0, 0.05) is 79.6 Å². The van der Waals surface area contributed by atoms with E-state index in [9.17, 15) is 9.18 Å². The lowest BCUT2D eigenvalue weighted by Crippen LogP contribution is -2.63. The van der Waals surface area contributed by atoms with Crippen LogP contribution in [0.3, 0.4) is 0 Å². The lowest BCUT2D eigenvalue weighted by Gasteiger charge is -2.58. The minimum Gasteiger partial charge on any atom is -0.338 e. The Bertz CT molecular complexity index is 1600. The lowest BCUT2D eigenvalue weighted by molar-refractivity contribution is -0.149. The summed E-state index contributed by atoms with van der Waals surface area (Å²) in [6.45, 7) is 15.3. The molecule has 1 unspecified atom stereocenters. The average molecular weight is 571 g/mol. The van der Waals surface area contributed by atoms with E-state index in [1.54, 1.807) is 0 Å². The Balaban J connectivity index is 1.17. The quantitative estimate of drug-likeness (QED) is 0.434. The van der Waals surface area contributed by atoms with Crippen molar-refractivity contribution in [2.24, 2.45) is 5.41 Å². The first-order valence-electron chi connectivity index (χ1n) is 14.9. The second-order valence-electron chi connectivity index (χ2n) is 12.7. The van der Waals surface area contributed by atoms with Gasteiger partial charge in [-0.25, -0.2) is 9.40 Å². The summed E-state index contributed by atoms with van der Waals surface area (Å²) >= 11 is 0. The number of halogens is 1. The molecule has 9 nitrogen and oxygen atoms in total. The van der Waals surface area contributed by atoms with Gasteiger partial charge < -0.3 is 10.3 Å². The Hall–Kier alpha value is -3.76. The van der Waals surface area contributed by atoms with E-state index in [4.69, 9.17) is 5.10 Å². The summed E-state index contributed by atoms with van der Waals surface area (Å²) in [7, 11) is 2.02. The summed E-state index contributed by atoms with van der Waals surface area (Å²) in [5, 5.41) is 13.0. The molecule has 10 heteroatoms. The van der Waals surface area contributed by atoms with E-state index in [1.807, 2.05) is 27.8 Å². The molecule has 1 aliphatic carbocycles. The number of nitrogens with zero attached hydrogens (tertiary/aromatic N) is 7. The molecule has 1 spiro atoms. The Morgan fingerprint density at radius 1 is 1.26 bits per heavy atom. The number of carbonyl (C=O) groups is 1. The summed E-state index contributed by atoms with van der Waals surface area (Å²) in [5.74, 6) is 0.0223. The zero-order valence-corrected chi connectivity index (χ0v) is 24.5. The molecular weight excluding hydrogens is 531 g/mol. The zero-order chi connectivity index (χ0) is 29.2. The van der Waals surface area contributed by atoms with Crippen molar-refractivity contribution in [2.75, 3.05) is 46.3 Å². The lowest BCUT2D eigenvalue weighted by atomic mass is 9.60. The fourth-order valence-electron chi connectivity index (χ4n) is 7.33. The number of amides is 1. The Morgan fingerprint density at radius 3 is 2.76 bits per heavy atom. The normalized spacial score (nSPS) is 23.6. The minimum atomic E-state index is -0.706. The van der Waals surface area contributed by atoms with Crippen molar-refractivity contribution in [1.29, 1.82) is 0 Å². The van der Waals surface area contributed by atoms with Crippen LogP contribution in [0.2, 0.25) is 0 Å². The van der Waals surface area contributed by atoms with Crippen molar-refractivity contribution >= 4 is 22.9 Å². The Morgan fingerprint density at radius 2 is 2.07 bits per heavy atom. The van der Waals surface area contributed by atoms with Crippen LogP contribution >= 0.6 is 0 Å². The van der Waals surface area contributed by atoms with E-state index in [-0.39, 0.29) is 11.3 Å². The molecular formula is C32H39FN8O. The number of alkyl halides is 1. The number of hydrogen-bond acceptors (Lipinski definition) is 6. The van der Waals surface area contributed by atoms with Crippen LogP contribution in [0.15, 0.2) is 54.9 Å². The minimum absolute atomic E-state index is 0.0223. The molecule has 220 valence electrons. The number of nitrogens with one attached hydrogen (secondary N) is 1. The number of aromatic nitrogens is 4. The van der Waals surface area contributed by atoms with Crippen LogP contribution in [0.4, 0.5) is 4.39 Å². The maximum Gasteiger partial charge on any atom is 0.245 e. The summed E-state index contributed by atoms with van der Waals surface area (Å²) in [6.07, 6.45) is 7.53. The van der Waals surface area contributed by atoms with Gasteiger partial charge in [0.25, 0.3) is 0 Å². The number of fused-ring (bicyclic) bond motifs is 1. The summed E-state index contributed by atoms with van der Waals surface area (Å²) in [5.41, 5.74) is 10.9. The molecule has 0 radical (unpaired) electrons. The Kier molecular flexibility index (Phi) is 6.58. The van der Waals surface area contributed by atoms with E-state index >= 15 is 0 Å². The number of hydrogen-bond donors (Lipinski definition) is 1. The van der Waals surface area contributed by atoms with Crippen LogP contribution in [0, 0.1) is 12.3 Å². The first kappa shape index (κ1) is 27.1. The molecule has 42 heavy (non-hydrogen) atoms. The van der Waals surface area contributed by atoms with Crippen molar-refractivity contribution in [3.8, 4) is 11.3 Å². The number of carbonyl (C=O) groups excluding carboxylic acids is 1. The van der Waals surface area contributed by atoms with Crippen LogP contribution in [-0.4, -0.2) is 92.8 Å². The molecule has 1 N–H and O–H groups in total. The van der Waals surface area contributed by atoms with Crippen LogP contribution in [-0.2, 0) is 11.3 Å². The largest absolute Gasteiger partial charge is 0.338 e. The van der Waals surface area contributed by atoms with Gasteiger partial charge in [0.2, 0.25) is 5.91 Å². The first-order chi connectivity index (χ1) is 20.2. The van der Waals surface area contributed by atoms with E-state index in [2.05, 4.69) is 64.5 Å². The van der Waals surface area contributed by atoms with Crippen LogP contribution < -0.4 is 5.43 Å². The fourth-order valence-corrected chi connectivity index (χ4v) is 7.33. The third-order valence-electron chi connectivity index (χ3n) is 9.62. The highest BCUT2D eigenvalue weighted by Gasteiger charge is 2.54. The van der Waals surface area contributed by atoms with Gasteiger partial charge >= 0.3 is 0 Å². The smallest absolute Gasteiger partial charge is 0.245 e. The predicted molar refractivity (Wildman–Crippen MR) is 162 cm³/mol. The van der Waals surface area contributed by atoms with Crippen LogP contribution in [0.1, 0.15) is 36.6 Å². The third kappa shape index (κ3) is 4.66. The molecule has 7 rings (SSSR count). The first-order valence-corrected chi connectivity index (χ1v) is 14.9. The van der Waals surface area contributed by atoms with Gasteiger partial charge in [-0.3, -0.25) is 19.1 Å². The summed E-state index contributed by atoms with van der Waals surface area (Å²) in [6, 6.07) is 6.77. The molecule has 3 saturated heterocycles. The molecule has 1 atom stereocenters. The molecule has 0 bridgehead atoms. The highest BCUT2D eigenvalue weighted by atomic mass is 19.1. The van der Waals surface area contributed by atoms with E-state index in [1.165, 1.54) is 6.08 Å². The van der Waals surface area contributed by atoms with Crippen molar-refractivity contribution < 1.29 is 9.18 Å². The third-order valence-corrected chi connectivity index (χ3v) is 9.62. The Labute approximate surface area is 245 Å². The van der Waals surface area contributed by atoms with Crippen molar-refractivity contribution in [1.82, 2.24) is 39.8 Å². The van der Waals surface area contributed by atoms with E-state index < -0.39 is 6.17 Å². The standard InChI is InChI=1S/C32H39FN8O/c1-5-30(42)39-19-32(20-39)14-27(15-32)41-22(3)28(13-25-17-37(4)35-21(25)2)31(36-41)23-6-7-29-24(12-23)16-34-40(29)11-10-38-9-8-26(33)18-38/h5-7,12-13,16,26-27,35H,1-2,8-11,14-15,17-20H2,3-4H3/b25-13+. The molecule has 4 aliphatic rings. The molecule has 3 aliphatic heterocycles. The number of benzene rings is 1. The maximum absolute atomic E-state index is 13.6. The zero-order valence-electron chi connectivity index (χ0n) is 24.5. The highest BCUT2D eigenvalue weighted by Crippen LogP contribution is 2.54. The number of rotatable bonds is 7. The highest BCUT2D eigenvalue weighted by molar-refractivity contribution is 5.88. The van der Waals surface area contributed by atoms with Gasteiger partial charge in [0.05, 0.1) is 30.0 Å². The summed E-state index contributed by atoms with van der Waals surface area (Å²) in [4.78, 5) is 16.1. The fraction of sp³-hybridized carbons (Fsp3) is 0.469. The van der Waals surface area contributed by atoms with Gasteiger partial charge in [-0.15, -0.1) is 0 Å². The molecule has 4 fully saturated rings. The number of hydrazine groups is 1. The van der Waals surface area contributed by atoms with E-state index in [0.717, 1.165) is 96.8 Å². The van der Waals surface area contributed by atoms with Gasteiger partial charge in [-0.1, -0.05) is 19.2 Å². The predicted octanol–water partition coefficient (Wildman–Crippen LogP) is 3.95. The number of likely N-dealkylation sites (tertiary alicyclic amines) is 2. The van der Waals surface area contributed by atoms with E-state index in [0.29, 0.717) is 19.0 Å². The van der Waals surface area contributed by atoms with Crippen LogP contribution in [0.5, 0.6) is 0 Å². The van der Waals surface area contributed by atoms with Crippen LogP contribution in [0.25, 0.3) is 28.2 Å². The topological polar surface area (TPSA) is 74.5 Å². The molecule has 1 aromatic carbocycles. The SMILES string of the molecule is C=CC(=O)N1CC2(CC(n3nc(-c4ccc5c(cnn5CCN5CCC(F)C5)c4)c(/C=C4\CN(C)NC4=C)c3C)C2)C1. The van der Waals surface area contributed by atoms with Gasteiger partial charge in [-0.2, -0.15) is 10.2 Å². The van der Waals surface area contributed by atoms with Crippen molar-refractivity contribution in [2.45, 2.75) is 44.9 Å². The summed E-state index contributed by atoms with van der Waals surface area (Å²) < 4.78 is 17.9. The van der Waals surface area contributed by atoms with Gasteiger partial charge in [0.1, 0.15) is 6.17 Å². The average Bonchev–Trinajstić information content (AvgIpc) is 3.68. The molecule has 3 aromatic rings. The van der Waals surface area contributed by atoms with Crippen molar-refractivity contribution in [3.63, 3.8) is 0 Å². The van der Waals surface area contributed by atoms with Gasteiger partial charge in [0.15, 0.2) is 0 Å². The second kappa shape index (κ2) is 10.2. The van der Waals surface area contributed by atoms with Gasteiger partial charge in [-0.05, 0) is 56.0 Å². The second-order valence-corrected chi connectivity index (χ2v) is 12.7.